The van der Waals surface area contributed by atoms with Crippen LogP contribution in [0.3, 0.4) is 0 Å². The molecule has 0 radical (unpaired) electrons. The van der Waals surface area contributed by atoms with Gasteiger partial charge in [0.05, 0.1) is 22.2 Å². The van der Waals surface area contributed by atoms with Crippen LogP contribution in [0.4, 0.5) is 15.9 Å². The number of nitrogens with one attached hydrogen (secondary N) is 1. The largest absolute Gasteiger partial charge is 0.269 e. The molecule has 0 aliphatic rings. The number of hydrogen-bond donors (Lipinski definition) is 1. The maximum atomic E-state index is 14.2. The number of anilines is 1. The molecule has 0 unspecified atom stereocenters. The minimum Gasteiger partial charge on any atom is -0.261 e. The first kappa shape index (κ1) is 18.2. The van der Waals surface area contributed by atoms with E-state index in [9.17, 15) is 14.5 Å². The van der Waals surface area contributed by atoms with Crippen molar-refractivity contribution < 1.29 is 9.31 Å². The molecule has 8 heteroatoms. The Bertz CT molecular complexity index is 1230. The van der Waals surface area contributed by atoms with Crippen LogP contribution < -0.4 is 5.43 Å². The summed E-state index contributed by atoms with van der Waals surface area (Å²) in [4.78, 5) is 19.2. The SMILES string of the molecule is O=[N+]([O-])c1ccc(C=NNc2nc(-c3ccccc3F)nc3ccccc23)cc1. The van der Waals surface area contributed by atoms with Gasteiger partial charge in [-0.25, -0.2) is 14.4 Å². The van der Waals surface area contributed by atoms with E-state index in [4.69, 9.17) is 0 Å². The Kier molecular flexibility index (Phi) is 4.90. The minimum atomic E-state index is -0.462. The van der Waals surface area contributed by atoms with E-state index in [0.29, 0.717) is 22.5 Å². The Hall–Kier alpha value is -4.20. The van der Waals surface area contributed by atoms with Crippen LogP contribution in [0.25, 0.3) is 22.3 Å². The molecule has 0 atom stereocenters. The van der Waals surface area contributed by atoms with Crippen LogP contribution in [0.1, 0.15) is 5.56 Å². The Balaban J connectivity index is 1.67. The maximum absolute atomic E-state index is 14.2. The van der Waals surface area contributed by atoms with Crippen molar-refractivity contribution in [3.63, 3.8) is 0 Å². The molecular formula is C21H14FN5O2. The molecule has 0 saturated heterocycles. The number of para-hydroxylation sites is 1. The van der Waals surface area contributed by atoms with E-state index in [1.165, 1.54) is 24.4 Å². The van der Waals surface area contributed by atoms with Gasteiger partial charge >= 0.3 is 0 Å². The lowest BCUT2D eigenvalue weighted by Crippen LogP contribution is -2.00. The molecule has 142 valence electrons. The number of nitro benzene ring substituents is 1. The van der Waals surface area contributed by atoms with E-state index >= 15 is 0 Å². The number of nitro groups is 1. The van der Waals surface area contributed by atoms with E-state index in [1.807, 2.05) is 24.3 Å². The first-order valence-electron chi connectivity index (χ1n) is 8.67. The summed E-state index contributed by atoms with van der Waals surface area (Å²) in [5.41, 5.74) is 4.49. The minimum absolute atomic E-state index is 0.00596. The van der Waals surface area contributed by atoms with Crippen molar-refractivity contribution in [2.24, 2.45) is 5.10 Å². The van der Waals surface area contributed by atoms with Crippen molar-refractivity contribution >= 4 is 28.6 Å². The third kappa shape index (κ3) is 3.91. The van der Waals surface area contributed by atoms with Gasteiger partial charge in [0.15, 0.2) is 11.6 Å². The Morgan fingerprint density at radius 2 is 1.69 bits per heavy atom. The molecule has 7 nitrogen and oxygen atoms in total. The average Bonchev–Trinajstić information content (AvgIpc) is 2.74. The summed E-state index contributed by atoms with van der Waals surface area (Å²) in [5, 5.41) is 15.6. The number of fused-ring (bicyclic) bond motifs is 1. The van der Waals surface area contributed by atoms with Crippen LogP contribution in [0, 0.1) is 15.9 Å². The molecule has 29 heavy (non-hydrogen) atoms. The van der Waals surface area contributed by atoms with E-state index < -0.39 is 10.7 Å². The van der Waals surface area contributed by atoms with Crippen LogP contribution in [0.15, 0.2) is 77.9 Å². The Morgan fingerprint density at radius 1 is 0.966 bits per heavy atom. The summed E-state index contributed by atoms with van der Waals surface area (Å²) < 4.78 is 14.2. The highest BCUT2D eigenvalue weighted by molar-refractivity contribution is 5.91. The van der Waals surface area contributed by atoms with Gasteiger partial charge in [-0.1, -0.05) is 24.3 Å². The third-order valence-electron chi connectivity index (χ3n) is 4.21. The zero-order valence-electron chi connectivity index (χ0n) is 15.0. The normalized spacial score (nSPS) is 11.1. The van der Waals surface area contributed by atoms with Gasteiger partial charge in [-0.3, -0.25) is 15.5 Å². The molecule has 0 spiro atoms. The van der Waals surface area contributed by atoms with Crippen molar-refractivity contribution in [3.8, 4) is 11.4 Å². The van der Waals surface area contributed by atoms with Crippen molar-refractivity contribution in [1.29, 1.82) is 0 Å². The van der Waals surface area contributed by atoms with Crippen molar-refractivity contribution in [1.82, 2.24) is 9.97 Å². The molecule has 0 amide bonds. The number of rotatable bonds is 5. The molecule has 1 N–H and O–H groups in total. The van der Waals surface area contributed by atoms with Gasteiger partial charge in [0.2, 0.25) is 0 Å². The van der Waals surface area contributed by atoms with Gasteiger partial charge in [0.1, 0.15) is 5.82 Å². The molecule has 1 heterocycles. The van der Waals surface area contributed by atoms with Crippen molar-refractivity contribution in [2.75, 3.05) is 5.43 Å². The summed E-state index contributed by atoms with van der Waals surface area (Å²) in [7, 11) is 0. The van der Waals surface area contributed by atoms with Gasteiger partial charge < -0.3 is 0 Å². The number of halogens is 1. The van der Waals surface area contributed by atoms with E-state index in [-0.39, 0.29) is 11.5 Å². The predicted molar refractivity (Wildman–Crippen MR) is 109 cm³/mol. The van der Waals surface area contributed by atoms with Crippen molar-refractivity contribution in [3.05, 3.63) is 94.3 Å². The molecule has 4 aromatic rings. The topological polar surface area (TPSA) is 93.3 Å². The summed E-state index contributed by atoms with van der Waals surface area (Å²) in [6.07, 6.45) is 1.52. The van der Waals surface area contributed by atoms with E-state index in [0.717, 1.165) is 5.39 Å². The standard InChI is InChI=1S/C21H14FN5O2/c22-18-7-3-1-5-16(18)20-24-19-8-4-2-6-17(19)21(25-20)26-23-13-14-9-11-15(12-10-14)27(28)29/h1-13H,(H,24,25,26). The highest BCUT2D eigenvalue weighted by Gasteiger charge is 2.12. The molecule has 1 aromatic heterocycles. The predicted octanol–water partition coefficient (Wildman–Crippen LogP) is 4.79. The molecule has 0 aliphatic heterocycles. The fourth-order valence-electron chi connectivity index (χ4n) is 2.77. The van der Waals surface area contributed by atoms with Crippen LogP contribution in [-0.2, 0) is 0 Å². The molecule has 0 aliphatic carbocycles. The van der Waals surface area contributed by atoms with Gasteiger partial charge in [0, 0.05) is 17.5 Å². The zero-order valence-corrected chi connectivity index (χ0v) is 15.0. The second kappa shape index (κ2) is 7.81. The quantitative estimate of drug-likeness (QED) is 0.302. The maximum Gasteiger partial charge on any atom is 0.269 e. The van der Waals surface area contributed by atoms with E-state index in [1.54, 1.807) is 30.3 Å². The number of hydrogen-bond acceptors (Lipinski definition) is 6. The van der Waals surface area contributed by atoms with Gasteiger partial charge in [-0.15, -0.1) is 0 Å². The van der Waals surface area contributed by atoms with Crippen molar-refractivity contribution in [2.45, 2.75) is 0 Å². The lowest BCUT2D eigenvalue weighted by atomic mass is 10.1. The highest BCUT2D eigenvalue weighted by atomic mass is 19.1. The number of nitrogens with zero attached hydrogens (tertiary/aromatic N) is 4. The fourth-order valence-corrected chi connectivity index (χ4v) is 2.77. The molecule has 0 bridgehead atoms. The first-order chi connectivity index (χ1) is 14.1. The van der Waals surface area contributed by atoms with Gasteiger partial charge in [-0.2, -0.15) is 5.10 Å². The van der Waals surface area contributed by atoms with Crippen LogP contribution in [0.5, 0.6) is 0 Å². The lowest BCUT2D eigenvalue weighted by molar-refractivity contribution is -0.384. The molecule has 0 saturated carbocycles. The fraction of sp³-hybridized carbons (Fsp3) is 0. The number of non-ortho nitro benzene ring substituents is 1. The van der Waals surface area contributed by atoms with Crippen LogP contribution in [-0.4, -0.2) is 21.1 Å². The summed E-state index contributed by atoms with van der Waals surface area (Å²) >= 11 is 0. The van der Waals surface area contributed by atoms with Crippen LogP contribution >= 0.6 is 0 Å². The van der Waals surface area contributed by atoms with Gasteiger partial charge in [-0.05, 0) is 42.0 Å². The Labute approximate surface area is 164 Å². The van der Waals surface area contributed by atoms with Crippen LogP contribution in [0.2, 0.25) is 0 Å². The number of hydrazone groups is 1. The summed E-state index contributed by atoms with van der Waals surface area (Å²) in [5.74, 6) is 0.255. The number of aromatic nitrogens is 2. The monoisotopic (exact) mass is 387 g/mol. The zero-order chi connectivity index (χ0) is 20.2. The molecular weight excluding hydrogens is 373 g/mol. The lowest BCUT2D eigenvalue weighted by Gasteiger charge is -2.08. The number of benzene rings is 3. The smallest absolute Gasteiger partial charge is 0.261 e. The van der Waals surface area contributed by atoms with Gasteiger partial charge in [0.25, 0.3) is 5.69 Å². The second-order valence-electron chi connectivity index (χ2n) is 6.11. The second-order valence-corrected chi connectivity index (χ2v) is 6.11. The summed E-state index contributed by atoms with van der Waals surface area (Å²) in [6, 6.07) is 19.6. The molecule has 3 aromatic carbocycles. The van der Waals surface area contributed by atoms with E-state index in [2.05, 4.69) is 20.5 Å². The highest BCUT2D eigenvalue weighted by Crippen LogP contribution is 2.26. The average molecular weight is 387 g/mol. The summed E-state index contributed by atoms with van der Waals surface area (Å²) in [6.45, 7) is 0. The molecule has 0 fully saturated rings. The first-order valence-corrected chi connectivity index (χ1v) is 8.67. The molecule has 4 rings (SSSR count). The Morgan fingerprint density at radius 3 is 2.45 bits per heavy atom. The third-order valence-corrected chi connectivity index (χ3v) is 4.21.